The number of aromatic carboxylic acids is 1. The first-order valence-electron chi connectivity index (χ1n) is 5.79. The summed E-state index contributed by atoms with van der Waals surface area (Å²) in [4.78, 5) is 10.9. The Kier molecular flexibility index (Phi) is 7.62. The first-order valence-corrected chi connectivity index (χ1v) is 6.58. The molecule has 0 bridgehead atoms. The fourth-order valence-electron chi connectivity index (χ4n) is 1.13. The van der Waals surface area contributed by atoms with E-state index in [4.69, 9.17) is 10.8 Å². The monoisotopic (exact) mass is 316 g/mol. The second-order valence-electron chi connectivity index (χ2n) is 4.54. The molecule has 0 atom stereocenters. The molecule has 0 spiro atoms. The van der Waals surface area contributed by atoms with E-state index < -0.39 is 5.97 Å². The van der Waals surface area contributed by atoms with Crippen LogP contribution in [-0.4, -0.2) is 23.2 Å². The Morgan fingerprint density at radius 3 is 2.22 bits per heavy atom. The lowest BCUT2D eigenvalue weighted by Gasteiger charge is -2.12. The number of rotatable bonds is 3. The second kappa shape index (κ2) is 8.11. The van der Waals surface area contributed by atoms with Gasteiger partial charge >= 0.3 is 5.97 Å². The Labute approximate surface area is 117 Å². The van der Waals surface area contributed by atoms with Gasteiger partial charge in [0, 0.05) is 10.5 Å². The summed E-state index contributed by atoms with van der Waals surface area (Å²) in [6.07, 6.45) is 0. The summed E-state index contributed by atoms with van der Waals surface area (Å²) in [5, 5.41) is 12.0. The average molecular weight is 317 g/mol. The molecule has 1 rings (SSSR count). The molecule has 5 heteroatoms. The van der Waals surface area contributed by atoms with E-state index in [-0.39, 0.29) is 6.04 Å². The van der Waals surface area contributed by atoms with E-state index in [0.717, 1.165) is 4.47 Å². The first-order chi connectivity index (χ1) is 8.23. The largest absolute Gasteiger partial charge is 0.478 e. The van der Waals surface area contributed by atoms with Gasteiger partial charge in [0.25, 0.3) is 0 Å². The van der Waals surface area contributed by atoms with E-state index in [0.29, 0.717) is 17.3 Å². The molecule has 0 saturated heterocycles. The Balaban J connectivity index is 0.000000631. The lowest BCUT2D eigenvalue weighted by molar-refractivity contribution is 0.0698. The summed E-state index contributed by atoms with van der Waals surface area (Å²) in [7, 11) is 0. The van der Waals surface area contributed by atoms with Crippen molar-refractivity contribution in [2.75, 3.05) is 5.32 Å². The molecule has 0 aromatic heterocycles. The van der Waals surface area contributed by atoms with Crippen LogP contribution in [0.5, 0.6) is 0 Å². The van der Waals surface area contributed by atoms with Gasteiger partial charge in [0.2, 0.25) is 0 Å². The first kappa shape index (κ1) is 16.9. The zero-order valence-corrected chi connectivity index (χ0v) is 12.8. The predicted molar refractivity (Wildman–Crippen MR) is 79.2 cm³/mol. The molecule has 0 aliphatic rings. The maximum Gasteiger partial charge on any atom is 0.337 e. The number of carboxylic acids is 1. The minimum atomic E-state index is -0.916. The summed E-state index contributed by atoms with van der Waals surface area (Å²) in [5.41, 5.74) is 6.05. The van der Waals surface area contributed by atoms with E-state index in [2.05, 4.69) is 21.2 Å². The SMILES string of the molecule is CC(C)N.CC(C)Nc1cc(Br)ccc1C(=O)O. The number of anilines is 1. The van der Waals surface area contributed by atoms with Crippen molar-refractivity contribution in [2.24, 2.45) is 5.73 Å². The normalized spacial score (nSPS) is 10.0. The predicted octanol–water partition coefficient (Wildman–Crippen LogP) is 3.32. The molecule has 1 aromatic rings. The van der Waals surface area contributed by atoms with E-state index in [1.807, 2.05) is 27.7 Å². The molecule has 0 fully saturated rings. The fourth-order valence-corrected chi connectivity index (χ4v) is 1.49. The highest BCUT2D eigenvalue weighted by atomic mass is 79.9. The second-order valence-corrected chi connectivity index (χ2v) is 5.45. The Morgan fingerprint density at radius 2 is 1.83 bits per heavy atom. The molecule has 4 nitrogen and oxygen atoms in total. The highest BCUT2D eigenvalue weighted by Gasteiger charge is 2.10. The number of hydrogen-bond donors (Lipinski definition) is 3. The molecule has 0 aliphatic heterocycles. The van der Waals surface area contributed by atoms with Crippen LogP contribution in [0.15, 0.2) is 22.7 Å². The molecule has 0 radical (unpaired) electrons. The van der Waals surface area contributed by atoms with Crippen LogP contribution < -0.4 is 11.1 Å². The number of benzene rings is 1. The van der Waals surface area contributed by atoms with Gasteiger partial charge in [-0.25, -0.2) is 4.79 Å². The summed E-state index contributed by atoms with van der Waals surface area (Å²) in [5.74, 6) is -0.916. The highest BCUT2D eigenvalue weighted by Crippen LogP contribution is 2.22. The van der Waals surface area contributed by atoms with Gasteiger partial charge < -0.3 is 16.2 Å². The van der Waals surface area contributed by atoms with E-state index >= 15 is 0 Å². The van der Waals surface area contributed by atoms with Crippen LogP contribution in [0.1, 0.15) is 38.1 Å². The molecule has 0 amide bonds. The zero-order chi connectivity index (χ0) is 14.3. The molecule has 0 aliphatic carbocycles. The quantitative estimate of drug-likeness (QED) is 0.799. The average Bonchev–Trinajstić information content (AvgIpc) is 2.14. The Morgan fingerprint density at radius 1 is 1.33 bits per heavy atom. The maximum atomic E-state index is 10.9. The van der Waals surface area contributed by atoms with Gasteiger partial charge in [-0.1, -0.05) is 29.8 Å². The lowest BCUT2D eigenvalue weighted by Crippen LogP contribution is -2.13. The van der Waals surface area contributed by atoms with Gasteiger partial charge in [-0.05, 0) is 38.1 Å². The van der Waals surface area contributed by atoms with Crippen molar-refractivity contribution >= 4 is 27.6 Å². The fraction of sp³-hybridized carbons (Fsp3) is 0.462. The molecule has 1 aromatic carbocycles. The van der Waals surface area contributed by atoms with Crippen molar-refractivity contribution < 1.29 is 9.90 Å². The lowest BCUT2D eigenvalue weighted by atomic mass is 10.1. The Hall–Kier alpha value is -1.07. The van der Waals surface area contributed by atoms with Crippen LogP contribution >= 0.6 is 15.9 Å². The molecular formula is C13H21BrN2O2. The topological polar surface area (TPSA) is 75.3 Å². The minimum Gasteiger partial charge on any atom is -0.478 e. The Bertz CT molecular complexity index is 390. The summed E-state index contributed by atoms with van der Waals surface area (Å²) in [6, 6.07) is 5.61. The summed E-state index contributed by atoms with van der Waals surface area (Å²) < 4.78 is 0.866. The molecule has 102 valence electrons. The van der Waals surface area contributed by atoms with Gasteiger partial charge in [-0.3, -0.25) is 0 Å². The van der Waals surface area contributed by atoms with Gasteiger partial charge in [-0.15, -0.1) is 0 Å². The maximum absolute atomic E-state index is 10.9. The summed E-state index contributed by atoms with van der Waals surface area (Å²) >= 11 is 3.30. The standard InChI is InChI=1S/C10H12BrNO2.C3H9N/c1-6(2)12-9-5-7(11)3-4-8(9)10(13)14;1-3(2)4/h3-6,12H,1-2H3,(H,13,14);3H,4H2,1-2H3. The van der Waals surface area contributed by atoms with Crippen LogP contribution in [0.2, 0.25) is 0 Å². The minimum absolute atomic E-state index is 0.211. The number of nitrogens with one attached hydrogen (secondary N) is 1. The van der Waals surface area contributed by atoms with Crippen molar-refractivity contribution in [3.8, 4) is 0 Å². The molecule has 0 heterocycles. The zero-order valence-electron chi connectivity index (χ0n) is 11.2. The van der Waals surface area contributed by atoms with Gasteiger partial charge in [0.15, 0.2) is 0 Å². The number of hydrogen-bond acceptors (Lipinski definition) is 3. The van der Waals surface area contributed by atoms with Crippen molar-refractivity contribution in [1.29, 1.82) is 0 Å². The van der Waals surface area contributed by atoms with Crippen LogP contribution in [0, 0.1) is 0 Å². The van der Waals surface area contributed by atoms with Crippen LogP contribution in [0.3, 0.4) is 0 Å². The molecular weight excluding hydrogens is 296 g/mol. The summed E-state index contributed by atoms with van der Waals surface area (Å²) in [6.45, 7) is 7.82. The third kappa shape index (κ3) is 7.29. The number of carboxylic acid groups (broad SMARTS) is 1. The number of nitrogens with two attached hydrogens (primary N) is 1. The number of halogens is 1. The van der Waals surface area contributed by atoms with Crippen LogP contribution in [0.4, 0.5) is 5.69 Å². The van der Waals surface area contributed by atoms with Crippen LogP contribution in [-0.2, 0) is 0 Å². The van der Waals surface area contributed by atoms with Crippen molar-refractivity contribution in [1.82, 2.24) is 0 Å². The van der Waals surface area contributed by atoms with Crippen molar-refractivity contribution in [2.45, 2.75) is 39.8 Å². The highest BCUT2D eigenvalue weighted by molar-refractivity contribution is 9.10. The molecule has 0 unspecified atom stereocenters. The third-order valence-corrected chi connectivity index (χ3v) is 2.15. The van der Waals surface area contributed by atoms with E-state index in [1.54, 1.807) is 18.2 Å². The molecule has 4 N–H and O–H groups in total. The van der Waals surface area contributed by atoms with E-state index in [9.17, 15) is 4.79 Å². The third-order valence-electron chi connectivity index (χ3n) is 1.66. The van der Waals surface area contributed by atoms with Crippen molar-refractivity contribution in [3.05, 3.63) is 28.2 Å². The van der Waals surface area contributed by atoms with Crippen LogP contribution in [0.25, 0.3) is 0 Å². The van der Waals surface area contributed by atoms with E-state index in [1.165, 1.54) is 0 Å². The smallest absolute Gasteiger partial charge is 0.337 e. The van der Waals surface area contributed by atoms with Gasteiger partial charge in [-0.2, -0.15) is 0 Å². The number of carbonyl (C=O) groups is 1. The molecule has 0 saturated carbocycles. The van der Waals surface area contributed by atoms with Gasteiger partial charge in [0.1, 0.15) is 0 Å². The van der Waals surface area contributed by atoms with Gasteiger partial charge in [0.05, 0.1) is 11.3 Å². The van der Waals surface area contributed by atoms with Crippen molar-refractivity contribution in [3.63, 3.8) is 0 Å². The molecule has 18 heavy (non-hydrogen) atoms.